The van der Waals surface area contributed by atoms with Gasteiger partial charge in [0.25, 0.3) is 10.0 Å². The Morgan fingerprint density at radius 3 is 2.38 bits per heavy atom. The maximum Gasteiger partial charge on any atom is 0.263 e. The fraction of sp³-hybridized carbons (Fsp3) is 0.118. The van der Waals surface area contributed by atoms with Crippen LogP contribution in [0, 0.1) is 0 Å². The molecule has 0 saturated heterocycles. The number of hydrogen-bond donors (Lipinski definition) is 1. The van der Waals surface area contributed by atoms with Gasteiger partial charge in [-0.25, -0.2) is 13.1 Å². The van der Waals surface area contributed by atoms with E-state index in [4.69, 9.17) is 0 Å². The molecule has 0 aliphatic rings. The predicted octanol–water partition coefficient (Wildman–Crippen LogP) is 3.61. The van der Waals surface area contributed by atoms with Crippen molar-refractivity contribution in [2.75, 3.05) is 10.1 Å². The number of nitrogens with zero attached hydrogens (tertiary/aromatic N) is 2. The summed E-state index contributed by atoms with van der Waals surface area (Å²) in [5.74, 6) is 0.394. The third kappa shape index (κ3) is 3.68. The summed E-state index contributed by atoms with van der Waals surface area (Å²) in [6, 6.07) is 17.9. The quantitative estimate of drug-likeness (QED) is 0.637. The number of nitrogens with one attached hydrogen (secondary N) is 1. The summed E-state index contributed by atoms with van der Waals surface area (Å²) in [7, 11) is -3.67. The third-order valence-electron chi connectivity index (χ3n) is 3.50. The molecule has 1 aromatic heterocycles. The highest BCUT2D eigenvalue weighted by molar-refractivity contribution is 9.09. The van der Waals surface area contributed by atoms with E-state index in [-0.39, 0.29) is 4.90 Å². The van der Waals surface area contributed by atoms with Gasteiger partial charge in [0, 0.05) is 11.4 Å². The van der Waals surface area contributed by atoms with E-state index in [1.807, 2.05) is 42.5 Å². The van der Waals surface area contributed by atoms with Crippen molar-refractivity contribution in [3.63, 3.8) is 0 Å². The maximum absolute atomic E-state index is 12.6. The number of rotatable bonds is 6. The Kier molecular flexibility index (Phi) is 5.01. The van der Waals surface area contributed by atoms with Crippen molar-refractivity contribution in [1.29, 1.82) is 0 Å². The molecule has 0 radical (unpaired) electrons. The molecule has 5 nitrogen and oxygen atoms in total. The van der Waals surface area contributed by atoms with Gasteiger partial charge in [-0.05, 0) is 36.2 Å². The van der Waals surface area contributed by atoms with Crippen molar-refractivity contribution in [3.05, 3.63) is 72.4 Å². The number of halogens is 1. The van der Waals surface area contributed by atoms with Gasteiger partial charge in [0.05, 0.1) is 16.8 Å². The first-order valence-corrected chi connectivity index (χ1v) is 9.98. The van der Waals surface area contributed by atoms with Crippen LogP contribution in [0.25, 0.3) is 5.69 Å². The number of aromatic nitrogens is 2. The van der Waals surface area contributed by atoms with Crippen molar-refractivity contribution in [3.8, 4) is 5.69 Å². The molecule has 0 bridgehead atoms. The van der Waals surface area contributed by atoms with E-state index < -0.39 is 10.0 Å². The number of anilines is 1. The van der Waals surface area contributed by atoms with Crippen LogP contribution in [0.2, 0.25) is 0 Å². The van der Waals surface area contributed by atoms with E-state index in [1.165, 1.54) is 0 Å². The first-order chi connectivity index (χ1) is 11.6. The van der Waals surface area contributed by atoms with Crippen LogP contribution in [0.15, 0.2) is 71.8 Å². The van der Waals surface area contributed by atoms with Gasteiger partial charge in [-0.3, -0.25) is 4.72 Å². The second-order valence-corrected chi connectivity index (χ2v) is 7.63. The molecule has 3 rings (SSSR count). The summed E-state index contributed by atoms with van der Waals surface area (Å²) >= 11 is 3.37. The molecule has 0 fully saturated rings. The lowest BCUT2D eigenvalue weighted by Crippen LogP contribution is -2.16. The van der Waals surface area contributed by atoms with Gasteiger partial charge in [0.1, 0.15) is 5.82 Å². The van der Waals surface area contributed by atoms with Gasteiger partial charge in [0.2, 0.25) is 0 Å². The molecule has 24 heavy (non-hydrogen) atoms. The molecule has 3 aromatic rings. The molecule has 0 atom stereocenters. The Balaban J connectivity index is 1.87. The van der Waals surface area contributed by atoms with Crippen LogP contribution < -0.4 is 4.72 Å². The van der Waals surface area contributed by atoms with E-state index in [1.54, 1.807) is 29.1 Å². The highest BCUT2D eigenvalue weighted by atomic mass is 79.9. The zero-order chi connectivity index (χ0) is 17.0. The molecule has 2 aromatic carbocycles. The van der Waals surface area contributed by atoms with E-state index in [0.29, 0.717) is 5.82 Å². The molecule has 0 spiro atoms. The summed E-state index contributed by atoms with van der Waals surface area (Å²) in [6.07, 6.45) is 2.42. The normalized spacial score (nSPS) is 11.4. The monoisotopic (exact) mass is 405 g/mol. The summed E-state index contributed by atoms with van der Waals surface area (Å²) in [5, 5.41) is 5.03. The topological polar surface area (TPSA) is 64.0 Å². The molecular weight excluding hydrogens is 390 g/mol. The molecule has 1 heterocycles. The standard InChI is InChI=1S/C17H16BrN3O2S/c18-12-10-14-6-8-16(9-7-14)24(22,23)20-17-11-13-19-21(17)15-4-2-1-3-5-15/h1-9,11,13,20H,10,12H2. The van der Waals surface area contributed by atoms with Crippen molar-refractivity contribution < 1.29 is 8.42 Å². The molecule has 124 valence electrons. The highest BCUT2D eigenvalue weighted by Crippen LogP contribution is 2.19. The van der Waals surface area contributed by atoms with E-state index in [0.717, 1.165) is 23.0 Å². The zero-order valence-corrected chi connectivity index (χ0v) is 15.2. The fourth-order valence-corrected chi connectivity index (χ4v) is 3.80. The van der Waals surface area contributed by atoms with E-state index in [9.17, 15) is 8.42 Å². The Hall–Kier alpha value is -2.12. The van der Waals surface area contributed by atoms with Gasteiger partial charge in [0.15, 0.2) is 0 Å². The summed E-state index contributed by atoms with van der Waals surface area (Å²) in [5.41, 5.74) is 1.87. The lowest BCUT2D eigenvalue weighted by molar-refractivity contribution is 0.600. The number of benzene rings is 2. The fourth-order valence-electron chi connectivity index (χ4n) is 2.30. The maximum atomic E-state index is 12.6. The smallest absolute Gasteiger partial charge is 0.263 e. The largest absolute Gasteiger partial charge is 0.263 e. The van der Waals surface area contributed by atoms with Crippen LogP contribution in [0.5, 0.6) is 0 Å². The van der Waals surface area contributed by atoms with Crippen LogP contribution in [-0.4, -0.2) is 23.5 Å². The Morgan fingerprint density at radius 2 is 1.71 bits per heavy atom. The molecule has 0 aliphatic heterocycles. The van der Waals surface area contributed by atoms with Crippen molar-refractivity contribution in [2.45, 2.75) is 11.3 Å². The lowest BCUT2D eigenvalue weighted by Gasteiger charge is -2.11. The third-order valence-corrected chi connectivity index (χ3v) is 5.27. The Morgan fingerprint density at radius 1 is 1.00 bits per heavy atom. The minimum absolute atomic E-state index is 0.224. The van der Waals surface area contributed by atoms with Gasteiger partial charge in [-0.15, -0.1) is 0 Å². The number of para-hydroxylation sites is 1. The number of hydrogen-bond acceptors (Lipinski definition) is 3. The molecule has 1 N–H and O–H groups in total. The first kappa shape index (κ1) is 16.7. The van der Waals surface area contributed by atoms with Crippen LogP contribution in [-0.2, 0) is 16.4 Å². The van der Waals surface area contributed by atoms with Gasteiger partial charge in [-0.1, -0.05) is 46.3 Å². The van der Waals surface area contributed by atoms with Crippen molar-refractivity contribution in [1.82, 2.24) is 9.78 Å². The van der Waals surface area contributed by atoms with Gasteiger partial charge in [-0.2, -0.15) is 5.10 Å². The zero-order valence-electron chi connectivity index (χ0n) is 12.8. The summed E-state index contributed by atoms with van der Waals surface area (Å²) in [6.45, 7) is 0. The first-order valence-electron chi connectivity index (χ1n) is 7.37. The Bertz CT molecular complexity index is 907. The minimum Gasteiger partial charge on any atom is -0.263 e. The average Bonchev–Trinajstić information content (AvgIpc) is 3.04. The molecular formula is C17H16BrN3O2S. The molecule has 0 amide bonds. The second-order valence-electron chi connectivity index (χ2n) is 5.15. The molecule has 0 unspecified atom stereocenters. The average molecular weight is 406 g/mol. The lowest BCUT2D eigenvalue weighted by atomic mass is 10.2. The second kappa shape index (κ2) is 7.19. The van der Waals surface area contributed by atoms with Crippen LogP contribution in [0.4, 0.5) is 5.82 Å². The number of sulfonamides is 1. The van der Waals surface area contributed by atoms with Crippen molar-refractivity contribution in [2.24, 2.45) is 0 Å². The van der Waals surface area contributed by atoms with Gasteiger partial charge >= 0.3 is 0 Å². The predicted molar refractivity (Wildman–Crippen MR) is 98.3 cm³/mol. The van der Waals surface area contributed by atoms with E-state index in [2.05, 4.69) is 25.8 Å². The number of aryl methyl sites for hydroxylation is 1. The van der Waals surface area contributed by atoms with Gasteiger partial charge < -0.3 is 0 Å². The Labute approximate surface area is 149 Å². The molecule has 0 saturated carbocycles. The van der Waals surface area contributed by atoms with E-state index >= 15 is 0 Å². The van der Waals surface area contributed by atoms with Crippen LogP contribution >= 0.6 is 15.9 Å². The summed E-state index contributed by atoms with van der Waals surface area (Å²) in [4.78, 5) is 0.224. The van der Waals surface area contributed by atoms with Crippen LogP contribution in [0.1, 0.15) is 5.56 Å². The molecule has 0 aliphatic carbocycles. The summed E-state index contributed by atoms with van der Waals surface area (Å²) < 4.78 is 29.3. The van der Waals surface area contributed by atoms with Crippen LogP contribution in [0.3, 0.4) is 0 Å². The SMILES string of the molecule is O=S(=O)(Nc1ccnn1-c1ccccc1)c1ccc(CCBr)cc1. The van der Waals surface area contributed by atoms with Crippen molar-refractivity contribution >= 4 is 31.8 Å². The number of alkyl halides is 1. The minimum atomic E-state index is -3.67. The molecule has 7 heteroatoms. The highest BCUT2D eigenvalue weighted by Gasteiger charge is 2.17.